The maximum absolute atomic E-state index is 13.9. The lowest BCUT2D eigenvalue weighted by molar-refractivity contribution is -0.139. The molecule has 0 saturated carbocycles. The van der Waals surface area contributed by atoms with E-state index in [4.69, 9.17) is 16.3 Å². The van der Waals surface area contributed by atoms with E-state index in [0.29, 0.717) is 0 Å². The second kappa shape index (κ2) is 12.8. The van der Waals surface area contributed by atoms with Crippen LogP contribution in [0.5, 0.6) is 5.75 Å². The van der Waals surface area contributed by atoms with Crippen LogP contribution in [0, 0.1) is 0 Å². The van der Waals surface area contributed by atoms with Gasteiger partial charge in [-0.25, -0.2) is 8.42 Å². The molecule has 3 aromatic rings. The van der Waals surface area contributed by atoms with Gasteiger partial charge in [-0.05, 0) is 56.7 Å². The molecule has 202 valence electrons. The summed E-state index contributed by atoms with van der Waals surface area (Å²) in [5.41, 5.74) is 0.902. The van der Waals surface area contributed by atoms with Crippen molar-refractivity contribution in [1.82, 2.24) is 10.2 Å². The van der Waals surface area contributed by atoms with E-state index in [2.05, 4.69) is 5.32 Å². The molecule has 3 rings (SSSR count). The van der Waals surface area contributed by atoms with Crippen molar-refractivity contribution >= 4 is 39.1 Å². The van der Waals surface area contributed by atoms with Gasteiger partial charge in [0.1, 0.15) is 18.3 Å². The SMILES string of the molecule is COc1ccc(Cl)cc1N(CC(=O)N(Cc1ccccc1)[C@H](C)C(=O)NC(C)C)S(=O)(=O)c1ccccc1. The van der Waals surface area contributed by atoms with E-state index in [1.165, 1.54) is 36.3 Å². The van der Waals surface area contributed by atoms with E-state index in [1.54, 1.807) is 31.2 Å². The van der Waals surface area contributed by atoms with Crippen molar-refractivity contribution < 1.29 is 22.7 Å². The van der Waals surface area contributed by atoms with Gasteiger partial charge in [-0.1, -0.05) is 60.1 Å². The van der Waals surface area contributed by atoms with Crippen LogP contribution in [0.2, 0.25) is 5.02 Å². The second-order valence-corrected chi connectivity index (χ2v) is 11.3. The van der Waals surface area contributed by atoms with E-state index in [-0.39, 0.29) is 39.8 Å². The fourth-order valence-corrected chi connectivity index (χ4v) is 5.46. The summed E-state index contributed by atoms with van der Waals surface area (Å²) in [5.74, 6) is -0.689. The maximum Gasteiger partial charge on any atom is 0.264 e. The third-order valence-corrected chi connectivity index (χ3v) is 7.82. The first-order chi connectivity index (χ1) is 18.0. The van der Waals surface area contributed by atoms with Gasteiger partial charge in [0.2, 0.25) is 11.8 Å². The number of carbonyl (C=O) groups is 2. The average Bonchev–Trinajstić information content (AvgIpc) is 2.90. The number of anilines is 1. The Labute approximate surface area is 229 Å². The molecule has 0 aliphatic carbocycles. The number of rotatable bonds is 11. The molecule has 0 spiro atoms. The van der Waals surface area contributed by atoms with Gasteiger partial charge in [0.15, 0.2) is 0 Å². The minimum Gasteiger partial charge on any atom is -0.495 e. The number of nitrogens with zero attached hydrogens (tertiary/aromatic N) is 2. The highest BCUT2D eigenvalue weighted by atomic mass is 35.5. The van der Waals surface area contributed by atoms with Gasteiger partial charge in [-0.15, -0.1) is 0 Å². The van der Waals surface area contributed by atoms with E-state index in [0.717, 1.165) is 9.87 Å². The van der Waals surface area contributed by atoms with Gasteiger partial charge in [0.05, 0.1) is 17.7 Å². The third kappa shape index (κ3) is 7.05. The van der Waals surface area contributed by atoms with Crippen LogP contribution in [-0.4, -0.2) is 50.9 Å². The molecule has 0 aliphatic heterocycles. The molecule has 1 N–H and O–H groups in total. The lowest BCUT2D eigenvalue weighted by Crippen LogP contribution is -2.52. The van der Waals surface area contributed by atoms with Gasteiger partial charge in [-0.3, -0.25) is 13.9 Å². The predicted molar refractivity (Wildman–Crippen MR) is 149 cm³/mol. The molecule has 0 heterocycles. The smallest absolute Gasteiger partial charge is 0.264 e. The van der Waals surface area contributed by atoms with Crippen molar-refractivity contribution in [2.45, 2.75) is 44.3 Å². The summed E-state index contributed by atoms with van der Waals surface area (Å²) in [4.78, 5) is 28.2. The standard InChI is InChI=1S/C28H32ClN3O5S/c1-20(2)30-28(34)21(3)31(18-22-11-7-5-8-12-22)27(33)19-32(25-17-23(29)15-16-26(25)37-4)38(35,36)24-13-9-6-10-14-24/h5-17,20-21H,18-19H2,1-4H3,(H,30,34)/t21-/m1/s1. The van der Waals surface area contributed by atoms with E-state index in [1.807, 2.05) is 44.2 Å². The summed E-state index contributed by atoms with van der Waals surface area (Å²) >= 11 is 6.24. The van der Waals surface area contributed by atoms with Gasteiger partial charge < -0.3 is 15.0 Å². The first-order valence-electron chi connectivity index (χ1n) is 12.1. The van der Waals surface area contributed by atoms with Crippen LogP contribution < -0.4 is 14.4 Å². The van der Waals surface area contributed by atoms with Crippen LogP contribution in [0.15, 0.2) is 83.8 Å². The maximum atomic E-state index is 13.9. The molecule has 8 nitrogen and oxygen atoms in total. The van der Waals surface area contributed by atoms with E-state index < -0.39 is 28.5 Å². The van der Waals surface area contributed by atoms with Crippen molar-refractivity contribution in [3.8, 4) is 5.75 Å². The van der Waals surface area contributed by atoms with Gasteiger partial charge in [-0.2, -0.15) is 0 Å². The number of carbonyl (C=O) groups excluding carboxylic acids is 2. The molecule has 0 fully saturated rings. The summed E-state index contributed by atoms with van der Waals surface area (Å²) in [6.45, 7) is 4.80. The molecule has 38 heavy (non-hydrogen) atoms. The van der Waals surface area contributed by atoms with Crippen molar-refractivity contribution in [3.63, 3.8) is 0 Å². The fraction of sp³-hybridized carbons (Fsp3) is 0.286. The number of nitrogens with one attached hydrogen (secondary N) is 1. The van der Waals surface area contributed by atoms with Crippen molar-refractivity contribution in [2.24, 2.45) is 0 Å². The molecular weight excluding hydrogens is 526 g/mol. The zero-order valence-electron chi connectivity index (χ0n) is 21.8. The molecule has 3 aromatic carbocycles. The first-order valence-corrected chi connectivity index (χ1v) is 13.9. The molecule has 1 atom stereocenters. The van der Waals surface area contributed by atoms with E-state index in [9.17, 15) is 18.0 Å². The van der Waals surface area contributed by atoms with Crippen LogP contribution in [-0.2, 0) is 26.2 Å². The quantitative estimate of drug-likeness (QED) is 0.375. The van der Waals surface area contributed by atoms with Crippen LogP contribution in [0.25, 0.3) is 0 Å². The summed E-state index contributed by atoms with van der Waals surface area (Å²) in [6, 6.07) is 20.5. The fourth-order valence-electron chi connectivity index (χ4n) is 3.86. The molecule has 0 bridgehead atoms. The zero-order valence-corrected chi connectivity index (χ0v) is 23.4. The molecule has 0 unspecified atom stereocenters. The number of amides is 2. The molecule has 10 heteroatoms. The minimum absolute atomic E-state index is 0.00460. The number of hydrogen-bond donors (Lipinski definition) is 1. The molecule has 0 radical (unpaired) electrons. The van der Waals surface area contributed by atoms with Gasteiger partial charge in [0, 0.05) is 17.6 Å². The first kappa shape index (κ1) is 29.0. The lowest BCUT2D eigenvalue weighted by Gasteiger charge is -2.32. The Bertz CT molecular complexity index is 1350. The average molecular weight is 558 g/mol. The highest BCUT2D eigenvalue weighted by Gasteiger charge is 2.34. The number of methoxy groups -OCH3 is 1. The lowest BCUT2D eigenvalue weighted by atomic mass is 10.1. The third-order valence-electron chi connectivity index (χ3n) is 5.81. The Morgan fingerprint density at radius 1 is 0.947 bits per heavy atom. The normalized spacial score (nSPS) is 12.1. The monoisotopic (exact) mass is 557 g/mol. The predicted octanol–water partition coefficient (Wildman–Crippen LogP) is 4.49. The summed E-state index contributed by atoms with van der Waals surface area (Å²) in [7, 11) is -2.82. The number of halogens is 1. The molecular formula is C28H32ClN3O5S. The summed E-state index contributed by atoms with van der Waals surface area (Å²) in [5, 5.41) is 3.10. The summed E-state index contributed by atoms with van der Waals surface area (Å²) in [6.07, 6.45) is 0. The Morgan fingerprint density at radius 2 is 1.55 bits per heavy atom. The van der Waals surface area contributed by atoms with Gasteiger partial charge in [0.25, 0.3) is 10.0 Å². The van der Waals surface area contributed by atoms with Crippen molar-refractivity contribution in [3.05, 3.63) is 89.4 Å². The Balaban J connectivity index is 2.08. The summed E-state index contributed by atoms with van der Waals surface area (Å²) < 4.78 is 34.1. The van der Waals surface area contributed by atoms with Crippen LogP contribution >= 0.6 is 11.6 Å². The number of ether oxygens (including phenoxy) is 1. The number of hydrogen-bond acceptors (Lipinski definition) is 5. The van der Waals surface area contributed by atoms with Gasteiger partial charge >= 0.3 is 0 Å². The molecule has 0 saturated heterocycles. The Morgan fingerprint density at radius 3 is 2.13 bits per heavy atom. The molecule has 0 aromatic heterocycles. The molecule has 0 aliphatic rings. The van der Waals surface area contributed by atoms with Crippen LogP contribution in [0.4, 0.5) is 5.69 Å². The number of sulfonamides is 1. The number of benzene rings is 3. The van der Waals surface area contributed by atoms with E-state index >= 15 is 0 Å². The Kier molecular flexibility index (Phi) is 9.77. The second-order valence-electron chi connectivity index (χ2n) is 8.99. The Hall–Kier alpha value is -3.56. The van der Waals surface area contributed by atoms with Crippen molar-refractivity contribution in [2.75, 3.05) is 18.0 Å². The highest BCUT2D eigenvalue weighted by Crippen LogP contribution is 2.35. The largest absolute Gasteiger partial charge is 0.495 e. The van der Waals surface area contributed by atoms with Crippen LogP contribution in [0.1, 0.15) is 26.3 Å². The minimum atomic E-state index is -4.22. The zero-order chi connectivity index (χ0) is 27.9. The molecule has 2 amide bonds. The highest BCUT2D eigenvalue weighted by molar-refractivity contribution is 7.92. The topological polar surface area (TPSA) is 96.0 Å². The van der Waals surface area contributed by atoms with Crippen molar-refractivity contribution in [1.29, 1.82) is 0 Å². The van der Waals surface area contributed by atoms with Crippen LogP contribution in [0.3, 0.4) is 0 Å².